The Labute approximate surface area is 637 Å². The first-order valence-corrected chi connectivity index (χ1v) is 35.1. The predicted octanol–water partition coefficient (Wildman–Crippen LogP) is 21.3. The van der Waals surface area contributed by atoms with Crippen LogP contribution in [0.1, 0.15) is 188 Å². The van der Waals surface area contributed by atoms with Gasteiger partial charge in [-0.1, -0.05) is 163 Å². The van der Waals surface area contributed by atoms with Gasteiger partial charge in [-0.3, -0.25) is 0 Å². The summed E-state index contributed by atoms with van der Waals surface area (Å²) in [6, 6.07) is 65.6. The first-order chi connectivity index (χ1) is 54.2. The summed E-state index contributed by atoms with van der Waals surface area (Å²) < 4.78 is 129. The number of hydrogen-bond donors (Lipinski definition) is 0. The van der Waals surface area contributed by atoms with Crippen molar-refractivity contribution in [3.8, 4) is 67.5 Å². The van der Waals surface area contributed by atoms with Crippen LogP contribution in [0.2, 0.25) is 0 Å². The van der Waals surface area contributed by atoms with E-state index in [2.05, 4.69) is 225 Å². The monoisotopic (exact) mass is 1370 g/mol. The van der Waals surface area contributed by atoms with Crippen LogP contribution in [0.3, 0.4) is 0 Å². The van der Waals surface area contributed by atoms with Gasteiger partial charge in [0, 0.05) is 125 Å². The van der Waals surface area contributed by atoms with E-state index in [0.29, 0.717) is 22.7 Å². The zero-order valence-corrected chi connectivity index (χ0v) is 64.7. The van der Waals surface area contributed by atoms with Crippen LogP contribution in [0.25, 0.3) is 67.5 Å². The Morgan fingerprint density at radius 1 is 0.255 bits per heavy atom. The zero-order valence-electron chi connectivity index (χ0n) is 79.7. The average Bonchev–Trinajstić information content (AvgIpc) is 0.751. The van der Waals surface area contributed by atoms with Crippen molar-refractivity contribution in [2.75, 3.05) is 0 Å². The first-order valence-electron chi connectivity index (χ1n) is 42.6. The molecule has 0 saturated carbocycles. The van der Waals surface area contributed by atoms with Crippen molar-refractivity contribution in [3.63, 3.8) is 0 Å². The highest BCUT2D eigenvalue weighted by Crippen LogP contribution is 2.30. The maximum atomic E-state index is 8.40. The summed E-state index contributed by atoms with van der Waals surface area (Å²) >= 11 is 0. The number of aromatic nitrogens is 6. The van der Waals surface area contributed by atoms with E-state index in [1.54, 1.807) is 37.9 Å². The minimum Gasteiger partial charge on any atom is -0.201 e. The molecule has 0 aliphatic heterocycles. The topological polar surface area (TPSA) is 23.3 Å². The fourth-order valence-corrected chi connectivity index (χ4v) is 12.7. The molecule has 0 bridgehead atoms. The molecule has 2 unspecified atom stereocenters. The summed E-state index contributed by atoms with van der Waals surface area (Å²) in [6.45, 7) is 21.7. The fraction of sp³-hybridized carbons (Fsp3) is 0.312. The second-order valence-corrected chi connectivity index (χ2v) is 27.7. The van der Waals surface area contributed by atoms with Crippen LogP contribution in [0.15, 0.2) is 231 Å². The van der Waals surface area contributed by atoms with Crippen molar-refractivity contribution in [2.45, 2.75) is 162 Å². The van der Waals surface area contributed by atoms with E-state index in [1.807, 2.05) is 123 Å². The van der Waals surface area contributed by atoms with Gasteiger partial charge in [0.1, 0.15) is 42.3 Å². The van der Waals surface area contributed by atoms with Gasteiger partial charge in [0.25, 0.3) is 0 Å². The molecule has 6 heteroatoms. The quantitative estimate of drug-likeness (QED) is 0.122. The lowest BCUT2D eigenvalue weighted by atomic mass is 9.96. The molecule has 102 heavy (non-hydrogen) atoms. The van der Waals surface area contributed by atoms with Crippen LogP contribution in [-0.2, 0) is 42.3 Å². The van der Waals surface area contributed by atoms with Crippen molar-refractivity contribution in [3.05, 3.63) is 320 Å². The number of benzene rings is 6. The highest BCUT2D eigenvalue weighted by molar-refractivity contribution is 5.66. The molecule has 6 heterocycles. The zero-order chi connectivity index (χ0) is 87.6. The third kappa shape index (κ3) is 20.7. The Morgan fingerprint density at radius 2 is 0.559 bits per heavy atom. The molecule has 0 fully saturated rings. The number of aryl methyl sites for hydroxylation is 18. The Balaban J connectivity index is 0.000000196. The summed E-state index contributed by atoms with van der Waals surface area (Å²) in [5.41, 5.74) is 28.1. The second kappa shape index (κ2) is 36.7. The molecular formula is C96H120N6+6. The maximum Gasteiger partial charge on any atom is 0.212 e. The number of nitrogens with zero attached hydrogens (tertiary/aromatic N) is 6. The van der Waals surface area contributed by atoms with Gasteiger partial charge in [0.05, 0.1) is 0 Å². The van der Waals surface area contributed by atoms with Gasteiger partial charge in [-0.15, -0.1) is 0 Å². The van der Waals surface area contributed by atoms with Crippen molar-refractivity contribution < 1.29 is 48.0 Å². The van der Waals surface area contributed by atoms with Crippen molar-refractivity contribution in [1.82, 2.24) is 0 Å². The van der Waals surface area contributed by atoms with Gasteiger partial charge in [-0.2, -0.15) is 0 Å². The first kappa shape index (κ1) is 59.9. The van der Waals surface area contributed by atoms with Crippen LogP contribution < -0.4 is 27.4 Å². The smallest absolute Gasteiger partial charge is 0.201 e. The minimum atomic E-state index is -2.66. The van der Waals surface area contributed by atoms with E-state index in [4.69, 9.17) is 20.6 Å². The summed E-state index contributed by atoms with van der Waals surface area (Å²) in [6.07, 6.45) is 11.3. The Morgan fingerprint density at radius 3 is 0.892 bits per heavy atom. The molecule has 2 atom stereocenters. The van der Waals surface area contributed by atoms with Gasteiger partial charge in [0.2, 0.25) is 34.2 Å². The molecule has 528 valence electrons. The molecule has 0 amide bonds. The predicted molar refractivity (Wildman–Crippen MR) is 432 cm³/mol. The van der Waals surface area contributed by atoms with Crippen LogP contribution in [0.5, 0.6) is 0 Å². The van der Waals surface area contributed by atoms with Crippen molar-refractivity contribution in [2.24, 2.45) is 42.3 Å². The molecule has 6 aromatic heterocycles. The van der Waals surface area contributed by atoms with Crippen molar-refractivity contribution in [1.29, 1.82) is 0 Å². The van der Waals surface area contributed by atoms with Crippen LogP contribution >= 0.6 is 0 Å². The summed E-state index contributed by atoms with van der Waals surface area (Å²) in [7, 11) is 11.7. The lowest BCUT2D eigenvalue weighted by Gasteiger charge is -2.11. The standard InChI is InChI=1S/4C17H22N.2C14H16N/c2*1-12(2)16-10-17(18(5)11-14(16)4)15-9-7-6-8-13(15)3;2*1-12(2)16-11-18(5)17(10-14(16)4)15-9-7-6-8-13(15)3;2*1-11-7-8-12(2)13(10-11)14-6-4-5-9-15(14)3/h4*6-12H,1-5H3;2*4-10H,1-3H3/q6*+1/i1D3,4D3,12D;4D3,12D;1D3,12D;;;. The normalized spacial score (nSPS) is 14.7. The van der Waals surface area contributed by atoms with E-state index in [9.17, 15) is 0 Å². The SMILES string of the molecule is Cc1ccc(C)c(-c2cccc[n+]2C)c1.Cc1ccc(C)c(-c2cccc[n+]2C)c1.Cc1ccccc1-c1cc(C)c(C(C)C)c[n+]1C.[2H]C([2H])([2H])C([2H])(C)c1c[n+](C)c(-c2ccccc2C)cc1C.[2H]C([2H])([2H])c1c[n+](C)c(-c2ccccc2C)cc1C([2H])(C)C.[2H]C([2H])([2H])c1c[n+](C)c(-c2ccccc2C)cc1C([2H])(C)C([2H])([2H])[2H]. The van der Waals surface area contributed by atoms with E-state index < -0.39 is 45.1 Å². The molecule has 0 aliphatic rings. The molecule has 6 aromatic carbocycles. The van der Waals surface area contributed by atoms with Crippen LogP contribution in [0, 0.1) is 82.9 Å². The molecule has 0 N–H and O–H groups in total. The van der Waals surface area contributed by atoms with Crippen LogP contribution in [0.4, 0.5) is 0 Å². The molecule has 12 rings (SSSR count). The van der Waals surface area contributed by atoms with E-state index >= 15 is 0 Å². The largest absolute Gasteiger partial charge is 0.212 e. The summed E-state index contributed by atoms with van der Waals surface area (Å²) in [5, 5.41) is 0. The van der Waals surface area contributed by atoms with E-state index in [-0.39, 0.29) is 16.7 Å². The fourth-order valence-electron chi connectivity index (χ4n) is 12.7. The highest BCUT2D eigenvalue weighted by atomic mass is 14.9. The lowest BCUT2D eigenvalue weighted by Crippen LogP contribution is -2.32. The molecule has 6 nitrogen and oxygen atoms in total. The molecule has 0 saturated heterocycles. The number of hydrogen-bond acceptors (Lipinski definition) is 0. The highest BCUT2D eigenvalue weighted by Gasteiger charge is 2.22. The minimum absolute atomic E-state index is 0.00357. The Kier molecular flexibility index (Phi) is 21.5. The number of pyridine rings is 6. The average molecular weight is 1370 g/mol. The van der Waals surface area contributed by atoms with Gasteiger partial charge in [-0.25, -0.2) is 27.4 Å². The van der Waals surface area contributed by atoms with Crippen molar-refractivity contribution >= 4 is 0 Å². The molecule has 0 spiro atoms. The van der Waals surface area contributed by atoms with Gasteiger partial charge in [0.15, 0.2) is 37.2 Å². The van der Waals surface area contributed by atoms with Gasteiger partial charge in [-0.05, 0) is 211 Å². The molecular weight excluding hydrogens is 1240 g/mol. The third-order valence-corrected chi connectivity index (χ3v) is 18.7. The molecule has 12 aromatic rings. The molecule has 0 radical (unpaired) electrons. The second-order valence-electron chi connectivity index (χ2n) is 27.7. The third-order valence-electron chi connectivity index (χ3n) is 18.7. The van der Waals surface area contributed by atoms with Gasteiger partial charge < -0.3 is 0 Å². The molecule has 0 aliphatic carbocycles. The summed E-state index contributed by atoms with van der Waals surface area (Å²) in [5.74, 6) is -4.07. The Hall–Kier alpha value is -9.78. The summed E-state index contributed by atoms with van der Waals surface area (Å²) in [4.78, 5) is 0. The van der Waals surface area contributed by atoms with E-state index in [1.165, 1.54) is 98.8 Å². The number of rotatable bonds is 10. The Bertz CT molecular complexity index is 5380. The van der Waals surface area contributed by atoms with Crippen LogP contribution in [-0.4, -0.2) is 0 Å². The lowest BCUT2D eigenvalue weighted by molar-refractivity contribution is -0.661. The van der Waals surface area contributed by atoms with Gasteiger partial charge >= 0.3 is 0 Å². The van der Waals surface area contributed by atoms with E-state index in [0.717, 1.165) is 50.3 Å². The maximum absolute atomic E-state index is 8.40.